The number of rotatable bonds is 6. The van der Waals surface area contributed by atoms with Crippen molar-refractivity contribution in [1.82, 2.24) is 4.72 Å². The van der Waals surface area contributed by atoms with Crippen LogP contribution in [-0.4, -0.2) is 21.5 Å². The smallest absolute Gasteiger partial charge is 0.136 e. The second-order valence-electron chi connectivity index (χ2n) is 6.58. The Morgan fingerprint density at radius 1 is 1.17 bits per heavy atom. The first-order valence-electron chi connectivity index (χ1n) is 7.87. The van der Waals surface area contributed by atoms with E-state index in [0.29, 0.717) is 6.54 Å². The van der Waals surface area contributed by atoms with E-state index in [4.69, 9.17) is 4.74 Å². The summed E-state index contributed by atoms with van der Waals surface area (Å²) in [4.78, 5) is 0. The molecule has 130 valence electrons. The SMILES string of the molecule is COc1ccc(-c2cccc(CO)c2)c(CN[S+]([O-])C(C)(C)C)c1. The van der Waals surface area contributed by atoms with E-state index < -0.39 is 11.4 Å². The third-order valence-corrected chi connectivity index (χ3v) is 5.20. The Balaban J connectivity index is 2.34. The Bertz CT molecular complexity index is 683. The average molecular weight is 347 g/mol. The molecule has 2 aromatic rings. The van der Waals surface area contributed by atoms with Gasteiger partial charge in [0.1, 0.15) is 10.5 Å². The maximum Gasteiger partial charge on any atom is 0.136 e. The first-order valence-corrected chi connectivity index (χ1v) is 9.02. The molecular weight excluding hydrogens is 322 g/mol. The molecule has 0 aliphatic carbocycles. The fourth-order valence-electron chi connectivity index (χ4n) is 2.32. The number of hydrogen-bond acceptors (Lipinski definition) is 4. The fraction of sp³-hybridized carbons (Fsp3) is 0.368. The molecule has 0 aliphatic heterocycles. The van der Waals surface area contributed by atoms with E-state index in [0.717, 1.165) is 28.0 Å². The third kappa shape index (κ3) is 4.74. The molecule has 0 saturated heterocycles. The van der Waals surface area contributed by atoms with Crippen LogP contribution in [0.2, 0.25) is 0 Å². The van der Waals surface area contributed by atoms with Crippen LogP contribution in [0.15, 0.2) is 42.5 Å². The maximum atomic E-state index is 12.3. The van der Waals surface area contributed by atoms with Gasteiger partial charge < -0.3 is 14.4 Å². The van der Waals surface area contributed by atoms with E-state index in [-0.39, 0.29) is 11.4 Å². The van der Waals surface area contributed by atoms with Crippen molar-refractivity contribution in [2.24, 2.45) is 0 Å². The molecule has 0 spiro atoms. The highest BCUT2D eigenvalue weighted by atomic mass is 32.2. The van der Waals surface area contributed by atoms with Crippen molar-refractivity contribution in [3.8, 4) is 16.9 Å². The van der Waals surface area contributed by atoms with Crippen LogP contribution >= 0.6 is 0 Å². The number of methoxy groups -OCH3 is 1. The molecule has 0 fully saturated rings. The van der Waals surface area contributed by atoms with Gasteiger partial charge in [-0.25, -0.2) is 0 Å². The van der Waals surface area contributed by atoms with E-state index in [9.17, 15) is 9.66 Å². The van der Waals surface area contributed by atoms with Crippen LogP contribution in [0, 0.1) is 0 Å². The number of nitrogens with one attached hydrogen (secondary N) is 1. The summed E-state index contributed by atoms with van der Waals surface area (Å²) in [5, 5.41) is 9.35. The zero-order valence-corrected chi connectivity index (χ0v) is 15.4. The van der Waals surface area contributed by atoms with Crippen LogP contribution in [0.1, 0.15) is 31.9 Å². The molecule has 24 heavy (non-hydrogen) atoms. The number of benzene rings is 2. The Morgan fingerprint density at radius 3 is 2.54 bits per heavy atom. The van der Waals surface area contributed by atoms with Crippen LogP contribution in [-0.2, 0) is 24.5 Å². The first-order chi connectivity index (χ1) is 11.3. The number of ether oxygens (including phenoxy) is 1. The highest BCUT2D eigenvalue weighted by molar-refractivity contribution is 7.90. The molecule has 2 rings (SSSR count). The summed E-state index contributed by atoms with van der Waals surface area (Å²) in [7, 11) is 1.63. The maximum absolute atomic E-state index is 12.3. The largest absolute Gasteiger partial charge is 0.598 e. The molecule has 5 heteroatoms. The molecule has 2 N–H and O–H groups in total. The summed E-state index contributed by atoms with van der Waals surface area (Å²) in [6.45, 7) is 6.29. The van der Waals surface area contributed by atoms with Crippen LogP contribution in [0.3, 0.4) is 0 Å². The van der Waals surface area contributed by atoms with Gasteiger partial charge in [0, 0.05) is 11.4 Å². The lowest BCUT2D eigenvalue weighted by Crippen LogP contribution is -2.39. The topological polar surface area (TPSA) is 64.5 Å². The first kappa shape index (κ1) is 18.8. The monoisotopic (exact) mass is 347 g/mol. The van der Waals surface area contributed by atoms with Gasteiger partial charge in [0.2, 0.25) is 0 Å². The van der Waals surface area contributed by atoms with Gasteiger partial charge in [-0.2, -0.15) is 0 Å². The van der Waals surface area contributed by atoms with Gasteiger partial charge in [-0.05, 0) is 61.2 Å². The highest BCUT2D eigenvalue weighted by Crippen LogP contribution is 2.28. The van der Waals surface area contributed by atoms with Crippen molar-refractivity contribution >= 4 is 11.4 Å². The van der Waals surface area contributed by atoms with Crippen molar-refractivity contribution in [2.75, 3.05) is 7.11 Å². The van der Waals surface area contributed by atoms with Crippen molar-refractivity contribution in [3.63, 3.8) is 0 Å². The molecule has 0 heterocycles. The summed E-state index contributed by atoms with van der Waals surface area (Å²) in [6, 6.07) is 13.6. The third-order valence-electron chi connectivity index (χ3n) is 3.68. The minimum absolute atomic E-state index is 0.00557. The van der Waals surface area contributed by atoms with Crippen LogP contribution in [0.4, 0.5) is 0 Å². The molecule has 2 aromatic carbocycles. The minimum Gasteiger partial charge on any atom is -0.598 e. The molecule has 0 bridgehead atoms. The number of aliphatic hydroxyl groups excluding tert-OH is 1. The van der Waals surface area contributed by atoms with Gasteiger partial charge in [0.25, 0.3) is 0 Å². The van der Waals surface area contributed by atoms with Gasteiger partial charge in [-0.3, -0.25) is 0 Å². The highest BCUT2D eigenvalue weighted by Gasteiger charge is 2.26. The summed E-state index contributed by atoms with van der Waals surface area (Å²) in [5.74, 6) is 0.760. The molecule has 0 amide bonds. The Hall–Kier alpha value is -1.53. The summed E-state index contributed by atoms with van der Waals surface area (Å²) in [6.07, 6.45) is 0. The van der Waals surface area contributed by atoms with Crippen molar-refractivity contribution in [3.05, 3.63) is 53.6 Å². The van der Waals surface area contributed by atoms with E-state index in [1.54, 1.807) is 7.11 Å². The predicted octanol–water partition coefficient (Wildman–Crippen LogP) is 3.41. The van der Waals surface area contributed by atoms with Gasteiger partial charge in [0.05, 0.1) is 20.3 Å². The summed E-state index contributed by atoms with van der Waals surface area (Å²) in [5.41, 5.74) is 3.91. The van der Waals surface area contributed by atoms with E-state index in [1.165, 1.54) is 0 Å². The fourth-order valence-corrected chi connectivity index (χ4v) is 3.04. The van der Waals surface area contributed by atoms with E-state index in [2.05, 4.69) is 4.72 Å². The zero-order valence-electron chi connectivity index (χ0n) is 14.6. The van der Waals surface area contributed by atoms with E-state index in [1.807, 2.05) is 63.2 Å². The molecule has 0 saturated carbocycles. The average Bonchev–Trinajstić information content (AvgIpc) is 2.58. The lowest BCUT2D eigenvalue weighted by atomic mass is 9.98. The van der Waals surface area contributed by atoms with Gasteiger partial charge >= 0.3 is 0 Å². The Morgan fingerprint density at radius 2 is 1.92 bits per heavy atom. The molecule has 0 aliphatic rings. The van der Waals surface area contributed by atoms with E-state index >= 15 is 0 Å². The normalized spacial score (nSPS) is 12.9. The predicted molar refractivity (Wildman–Crippen MR) is 99.1 cm³/mol. The molecule has 1 unspecified atom stereocenters. The van der Waals surface area contributed by atoms with Gasteiger partial charge in [0.15, 0.2) is 0 Å². The van der Waals surface area contributed by atoms with Gasteiger partial charge in [-0.15, -0.1) is 4.72 Å². The lowest BCUT2D eigenvalue weighted by Gasteiger charge is -2.24. The van der Waals surface area contributed by atoms with Crippen molar-refractivity contribution in [1.29, 1.82) is 0 Å². The lowest BCUT2D eigenvalue weighted by molar-refractivity contribution is 0.282. The number of hydrogen-bond donors (Lipinski definition) is 2. The number of aliphatic hydroxyl groups is 1. The molecule has 0 aromatic heterocycles. The van der Waals surface area contributed by atoms with Gasteiger partial charge in [-0.1, -0.05) is 24.3 Å². The zero-order chi connectivity index (χ0) is 17.7. The molecule has 1 atom stereocenters. The molecular formula is C19H25NO3S. The molecule has 4 nitrogen and oxygen atoms in total. The van der Waals surface area contributed by atoms with Crippen LogP contribution < -0.4 is 9.46 Å². The van der Waals surface area contributed by atoms with Crippen LogP contribution in [0.25, 0.3) is 11.1 Å². The minimum atomic E-state index is -1.15. The quantitative estimate of drug-likeness (QED) is 0.786. The standard InChI is InChI=1S/C19H25NO3S/c1-19(2,3)24(22)20-12-16-11-17(23-4)8-9-18(16)15-7-5-6-14(10-15)13-21/h5-11,20-21H,12-13H2,1-4H3. The summed E-state index contributed by atoms with van der Waals surface area (Å²) < 4.78 is 20.4. The second-order valence-corrected chi connectivity index (χ2v) is 8.63. The second kappa shape index (κ2) is 8.03. The Labute approximate surface area is 147 Å². The molecule has 0 radical (unpaired) electrons. The van der Waals surface area contributed by atoms with Crippen LogP contribution in [0.5, 0.6) is 5.75 Å². The van der Waals surface area contributed by atoms with Crippen molar-refractivity contribution in [2.45, 2.75) is 38.7 Å². The Kier molecular flexibility index (Phi) is 6.29. The van der Waals surface area contributed by atoms with Crippen molar-refractivity contribution < 1.29 is 14.4 Å². The summed E-state index contributed by atoms with van der Waals surface area (Å²) >= 11 is -1.15.